The second-order valence-electron chi connectivity index (χ2n) is 8.01. The fraction of sp³-hybridized carbons (Fsp3) is 0.480. The summed E-state index contributed by atoms with van der Waals surface area (Å²) in [6, 6.07) is 16.8. The summed E-state index contributed by atoms with van der Waals surface area (Å²) in [5.74, 6) is 1.75. The number of methoxy groups -OCH3 is 1. The van der Waals surface area contributed by atoms with Crippen LogP contribution < -0.4 is 15.4 Å². The van der Waals surface area contributed by atoms with E-state index in [0.29, 0.717) is 6.54 Å². The molecule has 2 aromatic rings. The van der Waals surface area contributed by atoms with Gasteiger partial charge in [-0.25, -0.2) is 4.99 Å². The van der Waals surface area contributed by atoms with Gasteiger partial charge in [-0.2, -0.15) is 0 Å². The number of hydrogen-bond acceptors (Lipinski definition) is 4. The highest BCUT2D eigenvalue weighted by Crippen LogP contribution is 2.17. The number of nitrogens with zero attached hydrogens (tertiary/aromatic N) is 2. The zero-order chi connectivity index (χ0) is 21.9. The minimum atomic E-state index is -0.120. The van der Waals surface area contributed by atoms with Gasteiger partial charge in [-0.05, 0) is 48.9 Å². The van der Waals surface area contributed by atoms with Gasteiger partial charge in [0.1, 0.15) is 5.75 Å². The number of guanidine groups is 1. The van der Waals surface area contributed by atoms with Gasteiger partial charge in [0.2, 0.25) is 0 Å². The zero-order valence-corrected chi connectivity index (χ0v) is 21.5. The zero-order valence-electron chi connectivity index (χ0n) is 19.2. The summed E-state index contributed by atoms with van der Waals surface area (Å²) in [4.78, 5) is 7.15. The highest BCUT2D eigenvalue weighted by molar-refractivity contribution is 14.0. The second kappa shape index (κ2) is 14.3. The Morgan fingerprint density at radius 3 is 2.44 bits per heavy atom. The van der Waals surface area contributed by atoms with Crippen LogP contribution in [0.25, 0.3) is 0 Å². The van der Waals surface area contributed by atoms with E-state index >= 15 is 0 Å². The number of likely N-dealkylation sites (tertiary alicyclic amines) is 1. The number of ether oxygens (including phenoxy) is 1. The lowest BCUT2D eigenvalue weighted by atomic mass is 10.1. The number of nitrogens with one attached hydrogen (secondary N) is 2. The molecule has 1 fully saturated rings. The Kier molecular flexibility index (Phi) is 11.8. The van der Waals surface area contributed by atoms with Crippen LogP contribution in [0.2, 0.25) is 0 Å². The molecule has 0 unspecified atom stereocenters. The molecule has 0 radical (unpaired) electrons. The van der Waals surface area contributed by atoms with E-state index in [4.69, 9.17) is 9.73 Å². The maximum atomic E-state index is 9.65. The highest BCUT2D eigenvalue weighted by Gasteiger charge is 2.16. The molecule has 3 N–H and O–H groups in total. The molecule has 2 aromatic carbocycles. The Bertz CT molecular complexity index is 821. The van der Waals surface area contributed by atoms with Gasteiger partial charge in [0, 0.05) is 32.7 Å². The molecule has 1 aliphatic heterocycles. The first-order chi connectivity index (χ1) is 15.2. The summed E-state index contributed by atoms with van der Waals surface area (Å²) < 4.78 is 5.43. The number of aliphatic imine (C=N–C) groups is 1. The molecule has 1 heterocycles. The highest BCUT2D eigenvalue weighted by atomic mass is 127. The molecule has 1 saturated heterocycles. The van der Waals surface area contributed by atoms with Crippen molar-refractivity contribution < 1.29 is 9.84 Å². The Morgan fingerprint density at radius 1 is 1.06 bits per heavy atom. The van der Waals surface area contributed by atoms with E-state index in [1.54, 1.807) is 7.11 Å². The van der Waals surface area contributed by atoms with Crippen molar-refractivity contribution in [2.45, 2.75) is 45.4 Å². The standard InChI is InChI=1S/C25H36N4O2.HI/c1-3-26-25(27-15-12-22-6-4-5-7-24(22)31-2)28-18-20-8-10-21(11-9-20)19-29-16-13-23(30)14-17-29;/h4-11,23,30H,3,12-19H2,1-2H3,(H2,26,27,28);1H. The number of aliphatic hydroxyl groups excluding tert-OH is 1. The van der Waals surface area contributed by atoms with E-state index in [1.165, 1.54) is 16.7 Å². The number of hydrogen-bond donors (Lipinski definition) is 3. The molecular weight excluding hydrogens is 515 g/mol. The minimum Gasteiger partial charge on any atom is -0.496 e. The van der Waals surface area contributed by atoms with Gasteiger partial charge in [0.05, 0.1) is 19.8 Å². The number of para-hydroxylation sites is 1. The van der Waals surface area contributed by atoms with Gasteiger partial charge in [0.15, 0.2) is 5.96 Å². The van der Waals surface area contributed by atoms with Crippen LogP contribution in [0, 0.1) is 0 Å². The summed E-state index contributed by atoms with van der Waals surface area (Å²) in [6.07, 6.45) is 2.51. The van der Waals surface area contributed by atoms with Crippen LogP contribution in [0.1, 0.15) is 36.5 Å². The van der Waals surface area contributed by atoms with E-state index in [-0.39, 0.29) is 30.1 Å². The molecule has 0 bridgehead atoms. The minimum absolute atomic E-state index is 0. The number of piperidine rings is 1. The van der Waals surface area contributed by atoms with Crippen LogP contribution in [-0.2, 0) is 19.5 Å². The van der Waals surface area contributed by atoms with Gasteiger partial charge in [-0.1, -0.05) is 42.5 Å². The number of aliphatic hydroxyl groups is 1. The van der Waals surface area contributed by atoms with Gasteiger partial charge < -0.3 is 20.5 Å². The lowest BCUT2D eigenvalue weighted by Crippen LogP contribution is -2.38. The number of benzene rings is 2. The van der Waals surface area contributed by atoms with Gasteiger partial charge >= 0.3 is 0 Å². The molecule has 0 atom stereocenters. The van der Waals surface area contributed by atoms with E-state index < -0.39 is 0 Å². The third kappa shape index (κ3) is 8.60. The van der Waals surface area contributed by atoms with Crippen molar-refractivity contribution in [2.24, 2.45) is 4.99 Å². The van der Waals surface area contributed by atoms with Crippen molar-refractivity contribution in [3.63, 3.8) is 0 Å². The Labute approximate surface area is 209 Å². The van der Waals surface area contributed by atoms with Crippen LogP contribution in [-0.4, -0.2) is 55.4 Å². The first-order valence-corrected chi connectivity index (χ1v) is 11.3. The van der Waals surface area contributed by atoms with E-state index in [2.05, 4.69) is 52.8 Å². The van der Waals surface area contributed by atoms with Gasteiger partial charge in [-0.3, -0.25) is 4.90 Å². The molecule has 0 aromatic heterocycles. The van der Waals surface area contributed by atoms with Crippen molar-refractivity contribution in [3.8, 4) is 5.75 Å². The molecule has 176 valence electrons. The number of halogens is 1. The molecule has 0 amide bonds. The second-order valence-corrected chi connectivity index (χ2v) is 8.01. The largest absolute Gasteiger partial charge is 0.496 e. The van der Waals surface area contributed by atoms with E-state index in [0.717, 1.165) is 63.7 Å². The molecule has 1 aliphatic rings. The van der Waals surface area contributed by atoms with Crippen molar-refractivity contribution in [2.75, 3.05) is 33.3 Å². The molecule has 0 spiro atoms. The smallest absolute Gasteiger partial charge is 0.191 e. The molecular formula is C25H37IN4O2. The summed E-state index contributed by atoms with van der Waals surface area (Å²) in [5.41, 5.74) is 3.69. The first-order valence-electron chi connectivity index (χ1n) is 11.3. The normalized spacial score (nSPS) is 15.2. The third-order valence-corrected chi connectivity index (χ3v) is 5.63. The van der Waals surface area contributed by atoms with Crippen molar-refractivity contribution in [1.29, 1.82) is 0 Å². The molecule has 6 nitrogen and oxygen atoms in total. The SMILES string of the molecule is CCNC(=NCc1ccc(CN2CCC(O)CC2)cc1)NCCc1ccccc1OC.I. The lowest BCUT2D eigenvalue weighted by molar-refractivity contribution is 0.0792. The van der Waals surface area contributed by atoms with Gasteiger partial charge in [0.25, 0.3) is 0 Å². The van der Waals surface area contributed by atoms with Crippen LogP contribution in [0.5, 0.6) is 5.75 Å². The van der Waals surface area contributed by atoms with Crippen LogP contribution in [0.15, 0.2) is 53.5 Å². The molecule has 7 heteroatoms. The maximum absolute atomic E-state index is 9.65. The average molecular weight is 553 g/mol. The summed E-state index contributed by atoms with van der Waals surface area (Å²) in [6.45, 7) is 7.22. The topological polar surface area (TPSA) is 69.1 Å². The number of rotatable bonds is 9. The van der Waals surface area contributed by atoms with Crippen molar-refractivity contribution in [1.82, 2.24) is 15.5 Å². The molecule has 0 saturated carbocycles. The maximum Gasteiger partial charge on any atom is 0.191 e. The fourth-order valence-corrected chi connectivity index (χ4v) is 3.82. The first kappa shape index (κ1) is 26.4. The average Bonchev–Trinajstić information content (AvgIpc) is 2.80. The van der Waals surface area contributed by atoms with Crippen LogP contribution in [0.3, 0.4) is 0 Å². The van der Waals surface area contributed by atoms with Crippen molar-refractivity contribution in [3.05, 3.63) is 65.2 Å². The van der Waals surface area contributed by atoms with Crippen LogP contribution in [0.4, 0.5) is 0 Å². The van der Waals surface area contributed by atoms with Gasteiger partial charge in [-0.15, -0.1) is 24.0 Å². The Hall–Kier alpha value is -1.84. The predicted molar refractivity (Wildman–Crippen MR) is 142 cm³/mol. The summed E-state index contributed by atoms with van der Waals surface area (Å²) in [7, 11) is 1.71. The monoisotopic (exact) mass is 552 g/mol. The van der Waals surface area contributed by atoms with E-state index in [1.807, 2.05) is 18.2 Å². The van der Waals surface area contributed by atoms with E-state index in [9.17, 15) is 5.11 Å². The Morgan fingerprint density at radius 2 is 1.75 bits per heavy atom. The predicted octanol–water partition coefficient (Wildman–Crippen LogP) is 3.57. The molecule has 32 heavy (non-hydrogen) atoms. The molecule has 3 rings (SSSR count). The quantitative estimate of drug-likeness (QED) is 0.252. The third-order valence-electron chi connectivity index (χ3n) is 5.63. The Balaban J connectivity index is 0.00000363. The van der Waals surface area contributed by atoms with Crippen LogP contribution >= 0.6 is 24.0 Å². The fourth-order valence-electron chi connectivity index (χ4n) is 3.82. The summed E-state index contributed by atoms with van der Waals surface area (Å²) >= 11 is 0. The van der Waals surface area contributed by atoms with Crippen molar-refractivity contribution >= 4 is 29.9 Å². The molecule has 0 aliphatic carbocycles. The summed E-state index contributed by atoms with van der Waals surface area (Å²) in [5, 5.41) is 16.4. The lowest BCUT2D eigenvalue weighted by Gasteiger charge is -2.29.